The first-order valence-electron chi connectivity index (χ1n) is 8.16. The van der Waals surface area contributed by atoms with Crippen molar-refractivity contribution in [1.29, 1.82) is 0 Å². The molecule has 11 heteroatoms. The third-order valence-electron chi connectivity index (χ3n) is 4.91. The Balaban J connectivity index is -0.00000144. The molecule has 27 heavy (non-hydrogen) atoms. The fraction of sp³-hybridized carbons (Fsp3) is 0.812. The summed E-state index contributed by atoms with van der Waals surface area (Å²) in [5.41, 5.74) is -0.418. The quantitative estimate of drug-likeness (QED) is 0.586. The van der Waals surface area contributed by atoms with Crippen LogP contribution >= 0.6 is 78.0 Å². The third-order valence-corrected chi connectivity index (χ3v) is 6.68. The lowest BCUT2D eigenvalue weighted by atomic mass is 9.84. The zero-order valence-corrected chi connectivity index (χ0v) is 21.8. The van der Waals surface area contributed by atoms with E-state index < -0.39 is 23.5 Å². The van der Waals surface area contributed by atoms with Gasteiger partial charge in [-0.25, -0.2) is 4.79 Å². The van der Waals surface area contributed by atoms with Crippen molar-refractivity contribution in [3.63, 3.8) is 0 Å². The average Bonchev–Trinajstić information content (AvgIpc) is 2.66. The molecule has 2 aliphatic heterocycles. The monoisotopic (exact) mass is 494 g/mol. The Morgan fingerprint density at radius 1 is 1.37 bits per heavy atom. The molecule has 2 N–H and O–H groups in total. The Morgan fingerprint density at radius 2 is 1.93 bits per heavy atom. The molecule has 0 unspecified atom stereocenters. The number of hydrogen-bond acceptors (Lipinski definition) is 4. The van der Waals surface area contributed by atoms with Crippen LogP contribution in [0.5, 0.6) is 0 Å². The maximum atomic E-state index is 13.0. The number of nitrogens with zero attached hydrogens (tertiary/aromatic N) is 1. The molecule has 0 aliphatic carbocycles. The smallest absolute Gasteiger partial charge is 0.327 e. The van der Waals surface area contributed by atoms with Gasteiger partial charge in [-0.1, -0.05) is 39.9 Å². The molecule has 0 aromatic rings. The van der Waals surface area contributed by atoms with Crippen LogP contribution in [0.1, 0.15) is 47.0 Å². The standard InChI is InChI=1S/C16H26N2O3S2.4H2S/c1-5-9(2)13(22)17-10-6-7-23-11-8-16(3,4)12(15(20)21)18(11)14(10)19;;;;/h9-12H,5-8H2,1-4H3,(H,17,22)(H,20,21);4*1H2/t9-,10+,11+,12-;;;;/m1..../s1. The summed E-state index contributed by atoms with van der Waals surface area (Å²) in [5.74, 6) is 0.00542. The van der Waals surface area contributed by atoms with Crippen LogP contribution < -0.4 is 5.32 Å². The fourth-order valence-electron chi connectivity index (χ4n) is 3.32. The van der Waals surface area contributed by atoms with Gasteiger partial charge < -0.3 is 15.3 Å². The lowest BCUT2D eigenvalue weighted by molar-refractivity contribution is -0.152. The van der Waals surface area contributed by atoms with Crippen LogP contribution in [0.15, 0.2) is 0 Å². The van der Waals surface area contributed by atoms with E-state index >= 15 is 0 Å². The molecular formula is C16H34N2O3S6. The van der Waals surface area contributed by atoms with E-state index in [2.05, 4.69) is 12.2 Å². The molecule has 0 radical (unpaired) electrons. The van der Waals surface area contributed by atoms with Gasteiger partial charge in [-0.15, -0.1) is 11.8 Å². The zero-order chi connectivity index (χ0) is 17.4. The van der Waals surface area contributed by atoms with Gasteiger partial charge in [-0.2, -0.15) is 54.0 Å². The van der Waals surface area contributed by atoms with Gasteiger partial charge in [0.25, 0.3) is 0 Å². The number of fused-ring (bicyclic) bond motifs is 1. The van der Waals surface area contributed by atoms with Crippen molar-refractivity contribution in [3.8, 4) is 0 Å². The predicted molar refractivity (Wildman–Crippen MR) is 138 cm³/mol. The molecule has 162 valence electrons. The van der Waals surface area contributed by atoms with Crippen LogP contribution in [-0.4, -0.2) is 50.1 Å². The van der Waals surface area contributed by atoms with Gasteiger partial charge in [0.1, 0.15) is 12.1 Å². The van der Waals surface area contributed by atoms with Gasteiger partial charge in [0.15, 0.2) is 0 Å². The van der Waals surface area contributed by atoms with Gasteiger partial charge in [-0.3, -0.25) is 4.79 Å². The highest BCUT2D eigenvalue weighted by atomic mass is 32.2. The van der Waals surface area contributed by atoms with Crippen LogP contribution in [0.3, 0.4) is 0 Å². The van der Waals surface area contributed by atoms with Crippen LogP contribution in [-0.2, 0) is 9.59 Å². The molecule has 0 bridgehead atoms. The van der Waals surface area contributed by atoms with Crippen molar-refractivity contribution in [1.82, 2.24) is 10.2 Å². The van der Waals surface area contributed by atoms with E-state index in [4.69, 9.17) is 12.2 Å². The first-order valence-corrected chi connectivity index (χ1v) is 9.61. The molecule has 2 fully saturated rings. The lowest BCUT2D eigenvalue weighted by Crippen LogP contribution is -2.54. The topological polar surface area (TPSA) is 69.6 Å². The summed E-state index contributed by atoms with van der Waals surface area (Å²) in [4.78, 5) is 27.1. The van der Waals surface area contributed by atoms with Crippen molar-refractivity contribution in [2.24, 2.45) is 11.3 Å². The molecule has 0 aromatic heterocycles. The molecule has 5 nitrogen and oxygen atoms in total. The molecule has 2 heterocycles. The molecule has 2 saturated heterocycles. The lowest BCUT2D eigenvalue weighted by Gasteiger charge is -2.32. The average molecular weight is 495 g/mol. The molecule has 0 aromatic carbocycles. The number of thioether (sulfide) groups is 1. The van der Waals surface area contributed by atoms with E-state index in [1.165, 1.54) is 0 Å². The minimum Gasteiger partial charge on any atom is -0.480 e. The molecular weight excluding hydrogens is 461 g/mol. The summed E-state index contributed by atoms with van der Waals surface area (Å²) in [6, 6.07) is -1.18. The van der Waals surface area contributed by atoms with E-state index in [0.29, 0.717) is 17.8 Å². The summed E-state index contributed by atoms with van der Waals surface area (Å²) < 4.78 is 0. The fourth-order valence-corrected chi connectivity index (χ4v) is 5.21. The number of amides is 1. The highest BCUT2D eigenvalue weighted by Crippen LogP contribution is 2.46. The highest BCUT2D eigenvalue weighted by molar-refractivity contribution is 7.99. The van der Waals surface area contributed by atoms with Gasteiger partial charge in [0.2, 0.25) is 5.91 Å². The SMILES string of the molecule is CC[C@@H](C)C(=S)N[C@H]1CCS[C@H]2CC(C)(C)[C@@H](C(=O)O)N2C1=O.S.S.S.S. The molecule has 0 spiro atoms. The van der Waals surface area contributed by atoms with Crippen molar-refractivity contribution in [3.05, 3.63) is 0 Å². The summed E-state index contributed by atoms with van der Waals surface area (Å²) in [5, 5.41) is 12.8. The van der Waals surface area contributed by atoms with Crippen molar-refractivity contribution >= 4 is 94.8 Å². The van der Waals surface area contributed by atoms with Crippen LogP contribution in [0.4, 0.5) is 0 Å². The second kappa shape index (κ2) is 13.0. The van der Waals surface area contributed by atoms with E-state index in [1.54, 1.807) is 16.7 Å². The Hall–Kier alpha value is 0.580. The van der Waals surface area contributed by atoms with Crippen molar-refractivity contribution in [2.75, 3.05) is 5.75 Å². The molecule has 4 atom stereocenters. The van der Waals surface area contributed by atoms with E-state index in [9.17, 15) is 14.7 Å². The zero-order valence-electron chi connectivity index (χ0n) is 16.2. The van der Waals surface area contributed by atoms with Gasteiger partial charge in [0, 0.05) is 5.92 Å². The maximum absolute atomic E-state index is 13.0. The molecule has 0 saturated carbocycles. The number of hydrogen-bond donors (Lipinski definition) is 2. The number of nitrogens with one attached hydrogen (secondary N) is 1. The Bertz CT molecular complexity index is 520. The first-order chi connectivity index (χ1) is 10.7. The summed E-state index contributed by atoms with van der Waals surface area (Å²) in [6.07, 6.45) is 2.31. The first kappa shape index (κ1) is 32.3. The minimum absolute atomic E-state index is 0. The normalized spacial score (nSPS) is 26.6. The van der Waals surface area contributed by atoms with Gasteiger partial charge in [-0.05, 0) is 30.4 Å². The Morgan fingerprint density at radius 3 is 2.41 bits per heavy atom. The molecule has 1 amide bonds. The third kappa shape index (κ3) is 7.09. The number of aliphatic carboxylic acids is 1. The van der Waals surface area contributed by atoms with Crippen LogP contribution in [0, 0.1) is 11.3 Å². The number of carbonyl (C=O) groups excluding carboxylic acids is 1. The molecule has 2 aliphatic rings. The molecule has 2 rings (SSSR count). The van der Waals surface area contributed by atoms with Crippen LogP contribution in [0.25, 0.3) is 0 Å². The van der Waals surface area contributed by atoms with E-state index in [0.717, 1.165) is 12.2 Å². The minimum atomic E-state index is -0.920. The summed E-state index contributed by atoms with van der Waals surface area (Å²) in [6.45, 7) is 7.96. The number of thiocarbonyl (C=S) groups is 1. The maximum Gasteiger partial charge on any atom is 0.327 e. The number of carboxylic acids is 1. The van der Waals surface area contributed by atoms with Crippen molar-refractivity contribution in [2.45, 2.75) is 64.4 Å². The van der Waals surface area contributed by atoms with Crippen LogP contribution in [0.2, 0.25) is 0 Å². The van der Waals surface area contributed by atoms with E-state index in [-0.39, 0.29) is 71.2 Å². The number of rotatable bonds is 4. The van der Waals surface area contributed by atoms with E-state index in [1.807, 2.05) is 20.8 Å². The summed E-state index contributed by atoms with van der Waals surface area (Å²) >= 11 is 7.08. The highest BCUT2D eigenvalue weighted by Gasteiger charge is 2.54. The second-order valence-corrected chi connectivity index (χ2v) is 8.89. The Labute approximate surface area is 200 Å². The largest absolute Gasteiger partial charge is 0.480 e. The van der Waals surface area contributed by atoms with Gasteiger partial charge >= 0.3 is 5.97 Å². The Kier molecular flexibility index (Phi) is 15.5. The number of carboxylic acid groups (broad SMARTS) is 1. The van der Waals surface area contributed by atoms with Gasteiger partial charge in [0.05, 0.1) is 10.4 Å². The summed E-state index contributed by atoms with van der Waals surface area (Å²) in [7, 11) is 0. The second-order valence-electron chi connectivity index (χ2n) is 7.16. The predicted octanol–water partition coefficient (Wildman–Crippen LogP) is 2.94. The number of carbonyl (C=O) groups is 2. The van der Waals surface area contributed by atoms with Crippen molar-refractivity contribution < 1.29 is 14.7 Å².